The molecule has 1 N–H and O–H groups in total. The van der Waals surface area contributed by atoms with Crippen LogP contribution in [-0.4, -0.2) is 38.5 Å². The molecule has 5 heteroatoms. The minimum absolute atomic E-state index is 0.00288. The molecule has 0 radical (unpaired) electrons. The summed E-state index contributed by atoms with van der Waals surface area (Å²) in [6.07, 6.45) is 7.89. The van der Waals surface area contributed by atoms with Crippen molar-refractivity contribution in [2.75, 3.05) is 6.54 Å². The van der Waals surface area contributed by atoms with Gasteiger partial charge in [0, 0.05) is 30.9 Å². The highest BCUT2D eigenvalue weighted by molar-refractivity contribution is 6.04. The summed E-state index contributed by atoms with van der Waals surface area (Å²) in [4.78, 5) is 24.3. The predicted octanol–water partition coefficient (Wildman–Crippen LogP) is 3.92. The zero-order valence-corrected chi connectivity index (χ0v) is 16.4. The standard InChI is InChI=1S/C24H25N3O2/c28-23(18-9-6-11-20-22(18)26-15-14-25-20)27-16-13-24(29,17-7-2-1-3-8-17)19-10-4-5-12-21(19)27/h1-3,6-9,11,14-15,19,21,29H,4-5,10,12-13,16H2/t19-,21+,24?/m1/s1. The molecule has 0 spiro atoms. The highest BCUT2D eigenvalue weighted by Crippen LogP contribution is 2.47. The van der Waals surface area contributed by atoms with E-state index in [-0.39, 0.29) is 17.9 Å². The van der Waals surface area contributed by atoms with E-state index in [1.165, 1.54) is 0 Å². The van der Waals surface area contributed by atoms with Crippen molar-refractivity contribution in [2.24, 2.45) is 5.92 Å². The number of rotatable bonds is 2. The Morgan fingerprint density at radius 2 is 1.79 bits per heavy atom. The summed E-state index contributed by atoms with van der Waals surface area (Å²) >= 11 is 0. The van der Waals surface area contributed by atoms with Gasteiger partial charge in [-0.05, 0) is 37.0 Å². The number of amides is 1. The Bertz CT molecular complexity index is 1030. The van der Waals surface area contributed by atoms with Crippen LogP contribution in [0.2, 0.25) is 0 Å². The number of para-hydroxylation sites is 1. The van der Waals surface area contributed by atoms with Crippen LogP contribution >= 0.6 is 0 Å². The molecule has 5 rings (SSSR count). The Balaban J connectivity index is 1.52. The molecule has 2 aromatic carbocycles. The summed E-state index contributed by atoms with van der Waals surface area (Å²) in [7, 11) is 0. The fourth-order valence-electron chi connectivity index (χ4n) is 5.34. The van der Waals surface area contributed by atoms with Crippen LogP contribution in [0.15, 0.2) is 60.9 Å². The average molecular weight is 387 g/mol. The molecule has 1 saturated carbocycles. The third-order valence-electron chi connectivity index (χ3n) is 6.74. The van der Waals surface area contributed by atoms with E-state index in [0.717, 1.165) is 36.8 Å². The van der Waals surface area contributed by atoms with Gasteiger partial charge in [0.2, 0.25) is 0 Å². The van der Waals surface area contributed by atoms with Crippen LogP contribution in [0.5, 0.6) is 0 Å². The maximum atomic E-state index is 13.6. The van der Waals surface area contributed by atoms with Crippen LogP contribution in [0.3, 0.4) is 0 Å². The number of hydrogen-bond donors (Lipinski definition) is 1. The Hall–Kier alpha value is -2.79. The van der Waals surface area contributed by atoms with Gasteiger partial charge < -0.3 is 10.0 Å². The van der Waals surface area contributed by atoms with Crippen molar-refractivity contribution in [3.63, 3.8) is 0 Å². The number of likely N-dealkylation sites (tertiary alicyclic amines) is 1. The minimum Gasteiger partial charge on any atom is -0.385 e. The van der Waals surface area contributed by atoms with E-state index in [2.05, 4.69) is 9.97 Å². The van der Waals surface area contributed by atoms with Gasteiger partial charge in [0.15, 0.2) is 0 Å². The van der Waals surface area contributed by atoms with Crippen LogP contribution in [0.4, 0.5) is 0 Å². The number of carbonyl (C=O) groups excluding carboxylic acids is 1. The summed E-state index contributed by atoms with van der Waals surface area (Å²) in [5.74, 6) is 0.0560. The molecule has 2 aliphatic rings. The molecule has 1 aliphatic carbocycles. The molecular weight excluding hydrogens is 362 g/mol. The smallest absolute Gasteiger partial charge is 0.256 e. The number of hydrogen-bond acceptors (Lipinski definition) is 4. The highest BCUT2D eigenvalue weighted by atomic mass is 16.3. The molecule has 2 heterocycles. The number of carbonyl (C=O) groups is 1. The van der Waals surface area contributed by atoms with Crippen LogP contribution in [0.25, 0.3) is 11.0 Å². The maximum absolute atomic E-state index is 13.6. The van der Waals surface area contributed by atoms with Crippen molar-refractivity contribution in [1.29, 1.82) is 0 Å². The molecule has 29 heavy (non-hydrogen) atoms. The van der Waals surface area contributed by atoms with E-state index in [1.54, 1.807) is 12.4 Å². The predicted molar refractivity (Wildman–Crippen MR) is 111 cm³/mol. The molecule has 1 amide bonds. The molecule has 148 valence electrons. The van der Waals surface area contributed by atoms with Crippen LogP contribution in [0.1, 0.15) is 48.0 Å². The van der Waals surface area contributed by atoms with Gasteiger partial charge in [-0.3, -0.25) is 14.8 Å². The highest BCUT2D eigenvalue weighted by Gasteiger charge is 2.50. The van der Waals surface area contributed by atoms with E-state index in [0.29, 0.717) is 24.0 Å². The quantitative estimate of drug-likeness (QED) is 0.724. The number of fused-ring (bicyclic) bond motifs is 2. The van der Waals surface area contributed by atoms with E-state index in [9.17, 15) is 9.90 Å². The van der Waals surface area contributed by atoms with E-state index < -0.39 is 5.60 Å². The molecule has 1 aliphatic heterocycles. The number of piperidine rings is 1. The summed E-state index contributed by atoms with van der Waals surface area (Å²) < 4.78 is 0. The van der Waals surface area contributed by atoms with Gasteiger partial charge in [-0.2, -0.15) is 0 Å². The molecule has 0 bridgehead atoms. The number of aliphatic hydroxyl groups is 1. The summed E-state index contributed by atoms with van der Waals surface area (Å²) in [6, 6.07) is 15.6. The van der Waals surface area contributed by atoms with Crippen molar-refractivity contribution in [1.82, 2.24) is 14.9 Å². The van der Waals surface area contributed by atoms with Gasteiger partial charge in [-0.1, -0.05) is 49.2 Å². The van der Waals surface area contributed by atoms with Crippen molar-refractivity contribution in [3.05, 3.63) is 72.1 Å². The lowest BCUT2D eigenvalue weighted by Crippen LogP contribution is -2.59. The number of aromatic nitrogens is 2. The Kier molecular flexibility index (Phi) is 4.55. The zero-order chi connectivity index (χ0) is 19.8. The van der Waals surface area contributed by atoms with Crippen molar-refractivity contribution >= 4 is 16.9 Å². The zero-order valence-electron chi connectivity index (χ0n) is 16.4. The third kappa shape index (κ3) is 3.01. The fourth-order valence-corrected chi connectivity index (χ4v) is 5.34. The Morgan fingerprint density at radius 3 is 2.66 bits per heavy atom. The maximum Gasteiger partial charge on any atom is 0.256 e. The lowest BCUT2D eigenvalue weighted by molar-refractivity contribution is -0.110. The molecule has 5 nitrogen and oxygen atoms in total. The van der Waals surface area contributed by atoms with Gasteiger partial charge in [-0.25, -0.2) is 0 Å². The van der Waals surface area contributed by atoms with Crippen molar-refractivity contribution in [2.45, 2.75) is 43.7 Å². The molecule has 1 unspecified atom stereocenters. The first-order valence-corrected chi connectivity index (χ1v) is 10.5. The van der Waals surface area contributed by atoms with E-state index in [4.69, 9.17) is 0 Å². The first kappa shape index (κ1) is 18.3. The Labute approximate surface area is 170 Å². The second-order valence-electron chi connectivity index (χ2n) is 8.23. The van der Waals surface area contributed by atoms with Gasteiger partial charge in [0.25, 0.3) is 5.91 Å². The average Bonchev–Trinajstić information content (AvgIpc) is 2.79. The molecule has 1 aromatic heterocycles. The molecule has 1 saturated heterocycles. The van der Waals surface area contributed by atoms with Crippen LogP contribution in [-0.2, 0) is 5.60 Å². The second-order valence-corrected chi connectivity index (χ2v) is 8.23. The summed E-state index contributed by atoms with van der Waals surface area (Å²) in [5.41, 5.74) is 2.08. The molecular formula is C24H25N3O2. The molecule has 2 fully saturated rings. The first-order chi connectivity index (χ1) is 14.2. The SMILES string of the molecule is O=C(c1cccc2nccnc12)N1CCC(O)(c2ccccc2)[C@@H]2CCCC[C@@H]21. The number of nitrogens with zero attached hydrogens (tertiary/aromatic N) is 3. The van der Waals surface area contributed by atoms with Crippen LogP contribution in [0, 0.1) is 5.92 Å². The summed E-state index contributed by atoms with van der Waals surface area (Å²) in [6.45, 7) is 0.544. The van der Waals surface area contributed by atoms with Crippen molar-refractivity contribution in [3.8, 4) is 0 Å². The van der Waals surface area contributed by atoms with Gasteiger partial charge in [0.05, 0.1) is 16.7 Å². The largest absolute Gasteiger partial charge is 0.385 e. The lowest BCUT2D eigenvalue weighted by Gasteiger charge is -2.52. The van der Waals surface area contributed by atoms with E-state index >= 15 is 0 Å². The third-order valence-corrected chi connectivity index (χ3v) is 6.74. The topological polar surface area (TPSA) is 66.3 Å². The van der Waals surface area contributed by atoms with Gasteiger partial charge >= 0.3 is 0 Å². The summed E-state index contributed by atoms with van der Waals surface area (Å²) in [5, 5.41) is 11.7. The molecule has 3 aromatic rings. The van der Waals surface area contributed by atoms with Gasteiger partial charge in [0.1, 0.15) is 5.52 Å². The Morgan fingerprint density at radius 1 is 1.00 bits per heavy atom. The normalized spacial score (nSPS) is 26.9. The van der Waals surface area contributed by atoms with E-state index in [1.807, 2.05) is 53.4 Å². The van der Waals surface area contributed by atoms with Gasteiger partial charge in [-0.15, -0.1) is 0 Å². The first-order valence-electron chi connectivity index (χ1n) is 10.5. The minimum atomic E-state index is -0.873. The number of benzene rings is 2. The van der Waals surface area contributed by atoms with Crippen molar-refractivity contribution < 1.29 is 9.90 Å². The monoisotopic (exact) mass is 387 g/mol. The second kappa shape index (κ2) is 7.23. The lowest BCUT2D eigenvalue weighted by atomic mass is 9.66. The van der Waals surface area contributed by atoms with Crippen LogP contribution < -0.4 is 0 Å². The fraction of sp³-hybridized carbons (Fsp3) is 0.375. The molecule has 3 atom stereocenters.